The van der Waals surface area contributed by atoms with Gasteiger partial charge in [0.05, 0.1) is 27.2 Å². The first-order valence-electron chi connectivity index (χ1n) is 7.93. The Balaban J connectivity index is 1.72. The van der Waals surface area contributed by atoms with Crippen LogP contribution in [0.3, 0.4) is 0 Å². The van der Waals surface area contributed by atoms with Gasteiger partial charge in [-0.2, -0.15) is 0 Å². The number of para-hydroxylation sites is 1. The van der Waals surface area contributed by atoms with E-state index in [4.69, 9.17) is 23.2 Å². The van der Waals surface area contributed by atoms with Crippen molar-refractivity contribution in [1.82, 2.24) is 9.55 Å². The zero-order valence-corrected chi connectivity index (χ0v) is 16.6. The molecule has 0 bridgehead atoms. The van der Waals surface area contributed by atoms with Gasteiger partial charge in [-0.3, -0.25) is 9.36 Å². The molecule has 0 saturated heterocycles. The number of benzene rings is 2. The predicted molar refractivity (Wildman–Crippen MR) is 109 cm³/mol. The molecule has 1 heterocycles. The molecule has 3 aromatic rings. The molecule has 1 N–H and O–H groups in total. The van der Waals surface area contributed by atoms with E-state index in [1.807, 2.05) is 17.7 Å². The van der Waals surface area contributed by atoms with E-state index in [-0.39, 0.29) is 11.7 Å². The van der Waals surface area contributed by atoms with Gasteiger partial charge in [0, 0.05) is 12.4 Å². The van der Waals surface area contributed by atoms with Gasteiger partial charge >= 0.3 is 0 Å². The molecule has 0 atom stereocenters. The van der Waals surface area contributed by atoms with Gasteiger partial charge in [0.2, 0.25) is 5.91 Å². The molecule has 2 aromatic carbocycles. The molecule has 0 saturated carbocycles. The predicted octanol–water partition coefficient (Wildman–Crippen LogP) is 5.53. The highest BCUT2D eigenvalue weighted by atomic mass is 35.5. The van der Waals surface area contributed by atoms with Crippen LogP contribution in [0.15, 0.2) is 53.9 Å². The number of nitrogens with one attached hydrogen (secondary N) is 1. The Labute approximate surface area is 166 Å². The van der Waals surface area contributed by atoms with Gasteiger partial charge in [-0.1, -0.05) is 53.2 Å². The first kappa shape index (κ1) is 18.8. The first-order valence-corrected chi connectivity index (χ1v) is 9.67. The van der Waals surface area contributed by atoms with Gasteiger partial charge in [-0.15, -0.1) is 0 Å². The highest BCUT2D eigenvalue weighted by Crippen LogP contribution is 2.30. The fourth-order valence-corrected chi connectivity index (χ4v) is 3.74. The van der Waals surface area contributed by atoms with Gasteiger partial charge in [-0.05, 0) is 43.2 Å². The second kappa shape index (κ2) is 8.16. The number of carbonyl (C=O) groups is 1. The van der Waals surface area contributed by atoms with Crippen LogP contribution >= 0.6 is 35.0 Å². The van der Waals surface area contributed by atoms with Crippen LogP contribution < -0.4 is 5.32 Å². The van der Waals surface area contributed by atoms with Crippen molar-refractivity contribution in [2.75, 3.05) is 11.1 Å². The molecule has 134 valence electrons. The van der Waals surface area contributed by atoms with Crippen molar-refractivity contribution >= 4 is 46.6 Å². The number of anilines is 1. The zero-order valence-electron chi connectivity index (χ0n) is 14.3. The van der Waals surface area contributed by atoms with Gasteiger partial charge in [0.25, 0.3) is 0 Å². The van der Waals surface area contributed by atoms with E-state index in [0.29, 0.717) is 15.7 Å². The number of hydrogen-bond acceptors (Lipinski definition) is 3. The number of aryl methyl sites for hydroxylation is 2. The zero-order chi connectivity index (χ0) is 18.7. The van der Waals surface area contributed by atoms with Gasteiger partial charge in [0.1, 0.15) is 0 Å². The SMILES string of the molecule is Cc1ccc(C)c(-n2ccnc2SCC(=O)Nc2c(Cl)cccc2Cl)c1. The fourth-order valence-electron chi connectivity index (χ4n) is 2.48. The number of amides is 1. The smallest absolute Gasteiger partial charge is 0.234 e. The fraction of sp³-hybridized carbons (Fsp3) is 0.158. The summed E-state index contributed by atoms with van der Waals surface area (Å²) < 4.78 is 1.99. The second-order valence-electron chi connectivity index (χ2n) is 5.80. The summed E-state index contributed by atoms with van der Waals surface area (Å²) >= 11 is 13.5. The standard InChI is InChI=1S/C19H17Cl2N3OS/c1-12-6-7-13(2)16(10-12)24-9-8-22-19(24)26-11-17(25)23-18-14(20)4-3-5-15(18)21/h3-10H,11H2,1-2H3,(H,23,25). The summed E-state index contributed by atoms with van der Waals surface area (Å²) in [4.78, 5) is 16.7. The van der Waals surface area contributed by atoms with E-state index in [0.717, 1.165) is 16.4 Å². The Kier molecular flexibility index (Phi) is 5.91. The van der Waals surface area contributed by atoms with E-state index in [1.165, 1.54) is 17.3 Å². The van der Waals surface area contributed by atoms with E-state index >= 15 is 0 Å². The van der Waals surface area contributed by atoms with Crippen molar-refractivity contribution in [3.8, 4) is 5.69 Å². The van der Waals surface area contributed by atoms with Crippen molar-refractivity contribution in [1.29, 1.82) is 0 Å². The van der Waals surface area contributed by atoms with Crippen LogP contribution in [0.2, 0.25) is 10.0 Å². The Hall–Kier alpha value is -1.95. The van der Waals surface area contributed by atoms with E-state index < -0.39 is 0 Å². The number of imidazole rings is 1. The van der Waals surface area contributed by atoms with Gasteiger partial charge in [-0.25, -0.2) is 4.98 Å². The van der Waals surface area contributed by atoms with Gasteiger partial charge in [0.15, 0.2) is 5.16 Å². The van der Waals surface area contributed by atoms with Crippen LogP contribution in [0, 0.1) is 13.8 Å². The second-order valence-corrected chi connectivity index (χ2v) is 7.56. The van der Waals surface area contributed by atoms with Crippen molar-refractivity contribution < 1.29 is 4.79 Å². The number of nitrogens with zero attached hydrogens (tertiary/aromatic N) is 2. The molecule has 0 unspecified atom stereocenters. The summed E-state index contributed by atoms with van der Waals surface area (Å²) in [5.74, 6) is 0.00388. The number of hydrogen-bond donors (Lipinski definition) is 1. The van der Waals surface area contributed by atoms with Crippen molar-refractivity contribution in [3.63, 3.8) is 0 Å². The molecule has 1 amide bonds. The van der Waals surface area contributed by atoms with Crippen LogP contribution in [0.1, 0.15) is 11.1 Å². The normalized spacial score (nSPS) is 10.8. The minimum absolute atomic E-state index is 0.194. The maximum atomic E-state index is 12.3. The Morgan fingerprint density at radius 1 is 1.19 bits per heavy atom. The minimum Gasteiger partial charge on any atom is -0.323 e. The van der Waals surface area contributed by atoms with E-state index in [9.17, 15) is 4.79 Å². The Morgan fingerprint density at radius 2 is 1.92 bits per heavy atom. The highest BCUT2D eigenvalue weighted by molar-refractivity contribution is 7.99. The van der Waals surface area contributed by atoms with E-state index in [1.54, 1.807) is 24.4 Å². The lowest BCUT2D eigenvalue weighted by molar-refractivity contribution is -0.113. The van der Waals surface area contributed by atoms with Crippen molar-refractivity contribution in [3.05, 3.63) is 70.0 Å². The average Bonchev–Trinajstić information content (AvgIpc) is 3.07. The molecule has 0 radical (unpaired) electrons. The Bertz CT molecular complexity index is 935. The van der Waals surface area contributed by atoms with Crippen LogP contribution in [0.25, 0.3) is 5.69 Å². The van der Waals surface area contributed by atoms with Crippen LogP contribution in [0.4, 0.5) is 5.69 Å². The molecule has 7 heteroatoms. The molecule has 4 nitrogen and oxygen atoms in total. The van der Waals surface area contributed by atoms with Gasteiger partial charge < -0.3 is 5.32 Å². The minimum atomic E-state index is -0.194. The summed E-state index contributed by atoms with van der Waals surface area (Å²) in [6.45, 7) is 4.10. The number of aromatic nitrogens is 2. The lowest BCUT2D eigenvalue weighted by Crippen LogP contribution is -2.15. The number of thioether (sulfide) groups is 1. The van der Waals surface area contributed by atoms with Crippen LogP contribution in [-0.4, -0.2) is 21.2 Å². The van der Waals surface area contributed by atoms with E-state index in [2.05, 4.69) is 35.4 Å². The molecule has 3 rings (SSSR count). The summed E-state index contributed by atoms with van der Waals surface area (Å²) in [6, 6.07) is 11.3. The summed E-state index contributed by atoms with van der Waals surface area (Å²) in [5.41, 5.74) is 3.79. The van der Waals surface area contributed by atoms with Crippen molar-refractivity contribution in [2.24, 2.45) is 0 Å². The molecule has 0 aliphatic heterocycles. The quantitative estimate of drug-likeness (QED) is 0.567. The molecular formula is C19H17Cl2N3OS. The summed E-state index contributed by atoms with van der Waals surface area (Å²) in [6.07, 6.45) is 3.62. The third-order valence-corrected chi connectivity index (χ3v) is 5.39. The molecular weight excluding hydrogens is 389 g/mol. The molecule has 0 spiro atoms. The molecule has 0 aliphatic carbocycles. The first-order chi connectivity index (χ1) is 12.5. The lowest BCUT2D eigenvalue weighted by Gasteiger charge is -2.12. The monoisotopic (exact) mass is 405 g/mol. The molecule has 0 fully saturated rings. The summed E-state index contributed by atoms with van der Waals surface area (Å²) in [5, 5.41) is 4.33. The molecule has 1 aromatic heterocycles. The number of carbonyl (C=O) groups excluding carboxylic acids is 1. The average molecular weight is 406 g/mol. The largest absolute Gasteiger partial charge is 0.323 e. The Morgan fingerprint density at radius 3 is 2.65 bits per heavy atom. The molecule has 26 heavy (non-hydrogen) atoms. The summed E-state index contributed by atoms with van der Waals surface area (Å²) in [7, 11) is 0. The number of halogens is 2. The third-order valence-electron chi connectivity index (χ3n) is 3.79. The third kappa shape index (κ3) is 4.23. The van der Waals surface area contributed by atoms with Crippen molar-refractivity contribution in [2.45, 2.75) is 19.0 Å². The van der Waals surface area contributed by atoms with Crippen LogP contribution in [0.5, 0.6) is 0 Å². The number of rotatable bonds is 5. The van der Waals surface area contributed by atoms with Crippen LogP contribution in [-0.2, 0) is 4.79 Å². The molecule has 0 aliphatic rings. The topological polar surface area (TPSA) is 46.9 Å². The highest BCUT2D eigenvalue weighted by Gasteiger charge is 2.13. The lowest BCUT2D eigenvalue weighted by atomic mass is 10.1. The maximum absolute atomic E-state index is 12.3. The maximum Gasteiger partial charge on any atom is 0.234 e.